The Morgan fingerprint density at radius 3 is 2.70 bits per heavy atom. The van der Waals surface area contributed by atoms with Crippen molar-refractivity contribution in [1.82, 2.24) is 10.2 Å². The van der Waals surface area contributed by atoms with E-state index in [9.17, 15) is 0 Å². The number of nitrogens with one attached hydrogen (secondary N) is 1. The fraction of sp³-hybridized carbons (Fsp3) is 0.647. The van der Waals surface area contributed by atoms with E-state index in [1.54, 1.807) is 0 Å². The maximum Gasteiger partial charge on any atom is 0.0329 e. The maximum absolute atomic E-state index is 3.51. The molecule has 0 radical (unpaired) electrons. The van der Waals surface area contributed by atoms with Crippen LogP contribution in [0.5, 0.6) is 0 Å². The van der Waals surface area contributed by atoms with E-state index in [1.807, 2.05) is 0 Å². The lowest BCUT2D eigenvalue weighted by Crippen LogP contribution is -2.40. The highest BCUT2D eigenvalue weighted by molar-refractivity contribution is 9.10. The first-order chi connectivity index (χ1) is 9.74. The van der Waals surface area contributed by atoms with Crippen molar-refractivity contribution in [3.05, 3.63) is 34.3 Å². The second kappa shape index (κ2) is 8.16. The van der Waals surface area contributed by atoms with Gasteiger partial charge in [-0.25, -0.2) is 0 Å². The van der Waals surface area contributed by atoms with Gasteiger partial charge < -0.3 is 10.2 Å². The van der Waals surface area contributed by atoms with Crippen molar-refractivity contribution in [1.29, 1.82) is 0 Å². The number of piperidine rings is 1. The van der Waals surface area contributed by atoms with Crippen molar-refractivity contribution in [2.24, 2.45) is 0 Å². The van der Waals surface area contributed by atoms with Crippen LogP contribution in [-0.2, 0) is 0 Å². The fourth-order valence-corrected chi connectivity index (χ4v) is 3.55. The van der Waals surface area contributed by atoms with Gasteiger partial charge in [-0.15, -0.1) is 0 Å². The summed E-state index contributed by atoms with van der Waals surface area (Å²) in [5.41, 5.74) is 1.39. The summed E-state index contributed by atoms with van der Waals surface area (Å²) in [6.45, 7) is 4.82. The van der Waals surface area contributed by atoms with Gasteiger partial charge in [0, 0.05) is 23.1 Å². The molecule has 0 saturated carbocycles. The summed E-state index contributed by atoms with van der Waals surface area (Å²) in [6.07, 6.45) is 6.66. The van der Waals surface area contributed by atoms with E-state index in [4.69, 9.17) is 0 Å². The van der Waals surface area contributed by atoms with Gasteiger partial charge in [-0.1, -0.05) is 41.4 Å². The van der Waals surface area contributed by atoms with Gasteiger partial charge in [-0.05, 0) is 57.0 Å². The minimum absolute atomic E-state index is 0.461. The summed E-state index contributed by atoms with van der Waals surface area (Å²) in [4.78, 5) is 2.70. The fourth-order valence-electron chi connectivity index (χ4n) is 3.28. The predicted molar refractivity (Wildman–Crippen MR) is 90.1 cm³/mol. The van der Waals surface area contributed by atoms with Crippen LogP contribution in [-0.4, -0.2) is 31.1 Å². The zero-order valence-electron chi connectivity index (χ0n) is 12.7. The molecule has 1 aromatic carbocycles. The third-order valence-corrected chi connectivity index (χ3v) is 5.07. The van der Waals surface area contributed by atoms with Gasteiger partial charge in [-0.3, -0.25) is 0 Å². The quantitative estimate of drug-likeness (QED) is 0.828. The van der Waals surface area contributed by atoms with Gasteiger partial charge in [0.1, 0.15) is 0 Å². The lowest BCUT2D eigenvalue weighted by molar-refractivity contribution is 0.138. The molecule has 0 amide bonds. The van der Waals surface area contributed by atoms with E-state index >= 15 is 0 Å². The highest BCUT2D eigenvalue weighted by Crippen LogP contribution is 2.23. The van der Waals surface area contributed by atoms with Gasteiger partial charge in [0.05, 0.1) is 0 Å². The van der Waals surface area contributed by atoms with Crippen LogP contribution in [0.1, 0.15) is 50.6 Å². The standard InChI is InChI=1S/C17H27BrN2/c1-3-16-6-4-5-12-20(16)13-11-17(19-2)14-7-9-15(18)10-8-14/h7-10,16-17,19H,3-6,11-13H2,1-2H3. The molecule has 1 aliphatic heterocycles. The molecule has 2 unspecified atom stereocenters. The molecule has 0 aromatic heterocycles. The Hall–Kier alpha value is -0.380. The van der Waals surface area contributed by atoms with Gasteiger partial charge in [-0.2, -0.15) is 0 Å². The van der Waals surface area contributed by atoms with E-state index in [-0.39, 0.29) is 0 Å². The average Bonchev–Trinajstić information content (AvgIpc) is 2.50. The highest BCUT2D eigenvalue weighted by Gasteiger charge is 2.21. The van der Waals surface area contributed by atoms with Crippen molar-refractivity contribution < 1.29 is 0 Å². The molecule has 2 rings (SSSR count). The molecule has 0 bridgehead atoms. The van der Waals surface area contributed by atoms with Crippen LogP contribution in [0.3, 0.4) is 0 Å². The number of nitrogens with zero attached hydrogens (tertiary/aromatic N) is 1. The van der Waals surface area contributed by atoms with Gasteiger partial charge in [0.25, 0.3) is 0 Å². The van der Waals surface area contributed by atoms with Crippen molar-refractivity contribution in [3.63, 3.8) is 0 Å². The molecule has 3 heteroatoms. The van der Waals surface area contributed by atoms with Crippen molar-refractivity contribution >= 4 is 15.9 Å². The minimum Gasteiger partial charge on any atom is -0.313 e. The summed E-state index contributed by atoms with van der Waals surface area (Å²) < 4.78 is 1.15. The summed E-state index contributed by atoms with van der Waals surface area (Å²) in [5.74, 6) is 0. The van der Waals surface area contributed by atoms with Gasteiger partial charge in [0.15, 0.2) is 0 Å². The van der Waals surface area contributed by atoms with Gasteiger partial charge >= 0.3 is 0 Å². The third-order valence-electron chi connectivity index (χ3n) is 4.55. The van der Waals surface area contributed by atoms with E-state index in [0.29, 0.717) is 6.04 Å². The van der Waals surface area contributed by atoms with Crippen LogP contribution < -0.4 is 5.32 Å². The molecule has 0 aliphatic carbocycles. The van der Waals surface area contributed by atoms with Crippen LogP contribution in [0.2, 0.25) is 0 Å². The molecule has 20 heavy (non-hydrogen) atoms. The second-order valence-electron chi connectivity index (χ2n) is 5.78. The Morgan fingerprint density at radius 1 is 1.30 bits per heavy atom. The van der Waals surface area contributed by atoms with Crippen LogP contribution in [0.25, 0.3) is 0 Å². The topological polar surface area (TPSA) is 15.3 Å². The number of likely N-dealkylation sites (tertiary alicyclic amines) is 1. The van der Waals surface area contributed by atoms with Crippen molar-refractivity contribution in [2.75, 3.05) is 20.1 Å². The largest absolute Gasteiger partial charge is 0.313 e. The SMILES string of the molecule is CCC1CCCCN1CCC(NC)c1ccc(Br)cc1. The molecule has 1 fully saturated rings. The monoisotopic (exact) mass is 338 g/mol. The maximum atomic E-state index is 3.51. The summed E-state index contributed by atoms with van der Waals surface area (Å²) in [5, 5.41) is 3.47. The molecule has 1 aromatic rings. The predicted octanol–water partition coefficient (Wildman–Crippen LogP) is 4.36. The molecule has 2 atom stereocenters. The summed E-state index contributed by atoms with van der Waals surface area (Å²) in [6, 6.07) is 9.98. The van der Waals surface area contributed by atoms with Crippen LogP contribution in [0, 0.1) is 0 Å². The lowest BCUT2D eigenvalue weighted by Gasteiger charge is -2.36. The normalized spacial score (nSPS) is 21.9. The number of hydrogen-bond acceptors (Lipinski definition) is 2. The lowest BCUT2D eigenvalue weighted by atomic mass is 9.98. The Morgan fingerprint density at radius 2 is 2.05 bits per heavy atom. The Balaban J connectivity index is 1.91. The molecular formula is C17H27BrN2. The molecule has 0 spiro atoms. The summed E-state index contributed by atoms with van der Waals surface area (Å²) in [7, 11) is 2.07. The Bertz CT molecular complexity index is 390. The van der Waals surface area contributed by atoms with E-state index < -0.39 is 0 Å². The van der Waals surface area contributed by atoms with E-state index in [2.05, 4.69) is 64.4 Å². The van der Waals surface area contributed by atoms with Crippen LogP contribution >= 0.6 is 15.9 Å². The van der Waals surface area contributed by atoms with Crippen LogP contribution in [0.15, 0.2) is 28.7 Å². The first kappa shape index (κ1) is 16.0. The zero-order chi connectivity index (χ0) is 14.4. The summed E-state index contributed by atoms with van der Waals surface area (Å²) >= 11 is 3.51. The van der Waals surface area contributed by atoms with Crippen LogP contribution in [0.4, 0.5) is 0 Å². The first-order valence-electron chi connectivity index (χ1n) is 7.91. The molecule has 1 saturated heterocycles. The number of halogens is 1. The smallest absolute Gasteiger partial charge is 0.0329 e. The molecule has 2 nitrogen and oxygen atoms in total. The van der Waals surface area contributed by atoms with E-state index in [1.165, 1.54) is 50.8 Å². The Labute approximate surface area is 132 Å². The zero-order valence-corrected chi connectivity index (χ0v) is 14.3. The third kappa shape index (κ3) is 4.31. The Kier molecular flexibility index (Phi) is 6.53. The highest BCUT2D eigenvalue weighted by atomic mass is 79.9. The molecule has 1 N–H and O–H groups in total. The van der Waals surface area contributed by atoms with Crippen molar-refractivity contribution in [2.45, 2.75) is 51.1 Å². The second-order valence-corrected chi connectivity index (χ2v) is 6.69. The molecule has 1 heterocycles. The van der Waals surface area contributed by atoms with E-state index in [0.717, 1.165) is 10.5 Å². The molecule has 1 aliphatic rings. The average molecular weight is 339 g/mol. The van der Waals surface area contributed by atoms with Crippen molar-refractivity contribution in [3.8, 4) is 0 Å². The number of hydrogen-bond donors (Lipinski definition) is 1. The number of rotatable bonds is 6. The van der Waals surface area contributed by atoms with Gasteiger partial charge in [0.2, 0.25) is 0 Å². The minimum atomic E-state index is 0.461. The molecular weight excluding hydrogens is 312 g/mol. The molecule has 112 valence electrons. The first-order valence-corrected chi connectivity index (χ1v) is 8.70. The number of benzene rings is 1.